The smallest absolute Gasteiger partial charge is 0.142 e. The Labute approximate surface area is 251 Å². The van der Waals surface area contributed by atoms with E-state index in [1.807, 2.05) is 12.1 Å². The van der Waals surface area contributed by atoms with Crippen molar-refractivity contribution >= 4 is 5.69 Å². The zero-order valence-corrected chi connectivity index (χ0v) is 25.6. The molecule has 0 aliphatic carbocycles. The number of methoxy groups -OCH3 is 1. The minimum atomic E-state index is -0.167. The fraction of sp³-hybridized carbons (Fsp3) is 0.486. The Morgan fingerprint density at radius 1 is 0.690 bits per heavy atom. The van der Waals surface area contributed by atoms with Crippen LogP contribution in [0.4, 0.5) is 5.69 Å². The van der Waals surface area contributed by atoms with Crippen LogP contribution in [0.5, 0.6) is 17.2 Å². The molecule has 7 nitrogen and oxygen atoms in total. The minimum absolute atomic E-state index is 0.167. The molecule has 3 aromatic rings. The molecule has 7 heteroatoms. The summed E-state index contributed by atoms with van der Waals surface area (Å²) in [5, 5.41) is 9.73. The first-order valence-electron chi connectivity index (χ1n) is 15.5. The molecule has 2 aliphatic heterocycles. The van der Waals surface area contributed by atoms with Crippen molar-refractivity contribution in [3.05, 3.63) is 71.8 Å². The average molecular weight is 574 g/mol. The summed E-state index contributed by atoms with van der Waals surface area (Å²) in [5.74, 6) is 2.83. The number of benzene rings is 3. The minimum Gasteiger partial charge on any atom is -0.495 e. The number of hydrogen-bond acceptors (Lipinski definition) is 7. The number of hydrogen-bond donors (Lipinski definition) is 1. The Hall–Kier alpha value is -3.26. The molecule has 2 aliphatic rings. The molecule has 226 valence electrons. The number of likely N-dealkylation sites (tertiary alicyclic amines) is 1. The van der Waals surface area contributed by atoms with Crippen LogP contribution in [0.1, 0.15) is 30.4 Å². The Bertz CT molecular complexity index is 1290. The number of aliphatic hydroxyl groups is 1. The van der Waals surface area contributed by atoms with E-state index in [-0.39, 0.29) is 6.10 Å². The fourth-order valence-electron chi connectivity index (χ4n) is 6.18. The van der Waals surface area contributed by atoms with E-state index in [0.717, 1.165) is 100.0 Å². The van der Waals surface area contributed by atoms with Gasteiger partial charge in [-0.15, -0.1) is 0 Å². The third kappa shape index (κ3) is 7.57. The van der Waals surface area contributed by atoms with Crippen molar-refractivity contribution in [2.24, 2.45) is 0 Å². The topological polar surface area (TPSA) is 57.6 Å². The number of β-amino-alcohol motifs (C(OH)–C–C–N with tert-alkyl or cyclic N) is 1. The summed E-state index contributed by atoms with van der Waals surface area (Å²) in [6.45, 7) is 13.5. The normalized spacial score (nSPS) is 17.9. The van der Waals surface area contributed by atoms with Crippen molar-refractivity contribution in [2.45, 2.75) is 39.2 Å². The van der Waals surface area contributed by atoms with Crippen LogP contribution in [-0.4, -0.2) is 93.7 Å². The number of para-hydroxylation sites is 2. The molecule has 0 spiro atoms. The number of piperazine rings is 1. The van der Waals surface area contributed by atoms with E-state index < -0.39 is 0 Å². The van der Waals surface area contributed by atoms with Gasteiger partial charge in [0.05, 0.1) is 32.1 Å². The molecule has 3 aromatic carbocycles. The van der Waals surface area contributed by atoms with Crippen molar-refractivity contribution in [3.63, 3.8) is 0 Å². The summed E-state index contributed by atoms with van der Waals surface area (Å²) in [6, 6.07) is 20.9. The van der Waals surface area contributed by atoms with Gasteiger partial charge in [-0.05, 0) is 79.6 Å². The summed E-state index contributed by atoms with van der Waals surface area (Å²) in [4.78, 5) is 7.26. The van der Waals surface area contributed by atoms with Gasteiger partial charge in [-0.2, -0.15) is 0 Å². The van der Waals surface area contributed by atoms with Crippen LogP contribution in [0.2, 0.25) is 0 Å². The van der Waals surface area contributed by atoms with Crippen molar-refractivity contribution < 1.29 is 19.3 Å². The standard InChI is InChI=1S/C35H47N3O4/c1-27-30(31-11-7-15-34(28(31)2)42-25-9-18-37-19-16-29(39)26-37)10-6-14-33(27)41-24-8-17-36-20-22-38(23-21-36)32-12-4-5-13-35(32)40-3/h4-7,10-15,29,39H,8-9,16-26H2,1-3H3. The number of rotatable bonds is 13. The average Bonchev–Trinajstić information content (AvgIpc) is 3.44. The summed E-state index contributed by atoms with van der Waals surface area (Å²) >= 11 is 0. The van der Waals surface area contributed by atoms with Gasteiger partial charge in [0.2, 0.25) is 0 Å². The summed E-state index contributed by atoms with van der Waals surface area (Å²) in [6.07, 6.45) is 2.67. The van der Waals surface area contributed by atoms with Crippen LogP contribution >= 0.6 is 0 Å². The van der Waals surface area contributed by atoms with Gasteiger partial charge in [-0.1, -0.05) is 36.4 Å². The van der Waals surface area contributed by atoms with Gasteiger partial charge in [-0.3, -0.25) is 4.90 Å². The van der Waals surface area contributed by atoms with Crippen molar-refractivity contribution in [2.75, 3.05) is 77.6 Å². The Kier molecular flexibility index (Phi) is 10.6. The predicted octanol–water partition coefficient (Wildman–Crippen LogP) is 5.41. The van der Waals surface area contributed by atoms with Gasteiger partial charge in [0.15, 0.2) is 0 Å². The number of aliphatic hydroxyl groups excluding tert-OH is 1. The first kappa shape index (κ1) is 30.2. The highest BCUT2D eigenvalue weighted by Crippen LogP contribution is 2.35. The number of anilines is 1. The molecular weight excluding hydrogens is 526 g/mol. The molecule has 1 N–H and O–H groups in total. The predicted molar refractivity (Wildman–Crippen MR) is 170 cm³/mol. The van der Waals surface area contributed by atoms with Crippen molar-refractivity contribution in [3.8, 4) is 28.4 Å². The SMILES string of the molecule is COc1ccccc1N1CCN(CCCOc2cccc(-c3cccc(OCCCN4CCC(O)C4)c3C)c2C)CC1. The van der Waals surface area contributed by atoms with Crippen molar-refractivity contribution in [1.29, 1.82) is 0 Å². The quantitative estimate of drug-likeness (QED) is 0.275. The molecule has 42 heavy (non-hydrogen) atoms. The lowest BCUT2D eigenvalue weighted by molar-refractivity contribution is 0.173. The van der Waals surface area contributed by atoms with Gasteiger partial charge in [0.25, 0.3) is 0 Å². The molecule has 0 aromatic heterocycles. The van der Waals surface area contributed by atoms with Crippen molar-refractivity contribution in [1.82, 2.24) is 9.80 Å². The fourth-order valence-corrected chi connectivity index (χ4v) is 6.18. The largest absolute Gasteiger partial charge is 0.495 e. The number of ether oxygens (including phenoxy) is 3. The zero-order valence-electron chi connectivity index (χ0n) is 25.6. The lowest BCUT2D eigenvalue weighted by atomic mass is 9.95. The Balaban J connectivity index is 1.09. The maximum absolute atomic E-state index is 9.73. The molecule has 2 heterocycles. The van der Waals surface area contributed by atoms with E-state index in [4.69, 9.17) is 14.2 Å². The van der Waals surface area contributed by atoms with Crippen LogP contribution in [0.3, 0.4) is 0 Å². The maximum Gasteiger partial charge on any atom is 0.142 e. The van der Waals surface area contributed by atoms with E-state index in [9.17, 15) is 5.11 Å². The van der Waals surface area contributed by atoms with E-state index in [0.29, 0.717) is 13.2 Å². The maximum atomic E-state index is 9.73. The molecule has 0 radical (unpaired) electrons. The van der Waals surface area contributed by atoms with Crippen LogP contribution in [0.15, 0.2) is 60.7 Å². The lowest BCUT2D eigenvalue weighted by Crippen LogP contribution is -2.46. The number of nitrogens with zero attached hydrogens (tertiary/aromatic N) is 3. The van der Waals surface area contributed by atoms with E-state index in [1.54, 1.807) is 7.11 Å². The van der Waals surface area contributed by atoms with Crippen LogP contribution < -0.4 is 19.1 Å². The summed E-state index contributed by atoms with van der Waals surface area (Å²) in [7, 11) is 1.74. The van der Waals surface area contributed by atoms with Gasteiger partial charge in [0.1, 0.15) is 17.2 Å². The second kappa shape index (κ2) is 14.8. The second-order valence-electron chi connectivity index (χ2n) is 11.5. The zero-order chi connectivity index (χ0) is 29.3. The van der Waals surface area contributed by atoms with E-state index >= 15 is 0 Å². The van der Waals surface area contributed by atoms with Gasteiger partial charge >= 0.3 is 0 Å². The van der Waals surface area contributed by atoms with Crippen LogP contribution in [0.25, 0.3) is 11.1 Å². The summed E-state index contributed by atoms with van der Waals surface area (Å²) < 4.78 is 18.1. The molecular formula is C35H47N3O4. The first-order valence-corrected chi connectivity index (χ1v) is 15.5. The molecule has 1 atom stereocenters. The highest BCUT2D eigenvalue weighted by Gasteiger charge is 2.20. The Morgan fingerprint density at radius 3 is 1.83 bits per heavy atom. The lowest BCUT2D eigenvalue weighted by Gasteiger charge is -2.36. The first-order chi connectivity index (χ1) is 20.5. The third-order valence-electron chi connectivity index (χ3n) is 8.66. The molecule has 0 saturated carbocycles. The van der Waals surface area contributed by atoms with Crippen LogP contribution in [0, 0.1) is 13.8 Å². The molecule has 5 rings (SSSR count). The highest BCUT2D eigenvalue weighted by atomic mass is 16.5. The van der Waals surface area contributed by atoms with Crippen LogP contribution in [-0.2, 0) is 0 Å². The molecule has 0 bridgehead atoms. The highest BCUT2D eigenvalue weighted by molar-refractivity contribution is 5.74. The second-order valence-corrected chi connectivity index (χ2v) is 11.5. The van der Waals surface area contributed by atoms with Gasteiger partial charge in [0, 0.05) is 52.4 Å². The molecule has 2 fully saturated rings. The molecule has 2 saturated heterocycles. The Morgan fingerprint density at radius 2 is 1.26 bits per heavy atom. The van der Waals surface area contributed by atoms with E-state index in [2.05, 4.69) is 77.1 Å². The molecule has 1 unspecified atom stereocenters. The van der Waals surface area contributed by atoms with E-state index in [1.165, 1.54) is 16.8 Å². The molecule has 0 amide bonds. The third-order valence-corrected chi connectivity index (χ3v) is 8.66. The monoisotopic (exact) mass is 573 g/mol. The van der Waals surface area contributed by atoms with Gasteiger partial charge in [-0.25, -0.2) is 0 Å². The summed E-state index contributed by atoms with van der Waals surface area (Å²) in [5.41, 5.74) is 5.88. The van der Waals surface area contributed by atoms with Gasteiger partial charge < -0.3 is 29.1 Å².